The first-order chi connectivity index (χ1) is 9.28. The number of esters is 1. The lowest BCUT2D eigenvalue weighted by Crippen LogP contribution is -2.08. The van der Waals surface area contributed by atoms with E-state index in [-0.39, 0.29) is 0 Å². The molecule has 0 bridgehead atoms. The molecule has 0 aliphatic rings. The van der Waals surface area contributed by atoms with Gasteiger partial charge in [-0.05, 0) is 36.4 Å². The van der Waals surface area contributed by atoms with E-state index in [4.69, 9.17) is 9.47 Å². The van der Waals surface area contributed by atoms with E-state index >= 15 is 0 Å². The van der Waals surface area contributed by atoms with Gasteiger partial charge in [0.15, 0.2) is 0 Å². The maximum Gasteiger partial charge on any atom is 0.354 e. The summed E-state index contributed by atoms with van der Waals surface area (Å²) in [5, 5.41) is 0. The van der Waals surface area contributed by atoms with Crippen molar-refractivity contribution in [3.05, 3.63) is 54.6 Å². The molecule has 2 rings (SSSR count). The molecule has 19 heavy (non-hydrogen) atoms. The summed E-state index contributed by atoms with van der Waals surface area (Å²) < 4.78 is 10.1. The van der Waals surface area contributed by atoms with Gasteiger partial charge in [-0.15, -0.1) is 0 Å². The molecule has 0 spiro atoms. The third-order valence-corrected chi connectivity index (χ3v) is 2.35. The van der Waals surface area contributed by atoms with E-state index < -0.39 is 5.97 Å². The summed E-state index contributed by atoms with van der Waals surface area (Å²) in [6.45, 7) is 0. The summed E-state index contributed by atoms with van der Waals surface area (Å²) >= 11 is 0. The number of benzene rings is 2. The number of rotatable bonds is 4. The van der Waals surface area contributed by atoms with Crippen LogP contribution in [0.1, 0.15) is 0 Å². The Hall–Kier alpha value is -2.62. The van der Waals surface area contributed by atoms with Crippen LogP contribution in [-0.4, -0.2) is 19.3 Å². The Labute approximate surface area is 111 Å². The SMILES string of the molecule is COc1ccc(N=CC(=O)Oc2ccccc2)cc1. The Bertz CT molecular complexity index is 562. The van der Waals surface area contributed by atoms with E-state index in [2.05, 4.69) is 4.99 Å². The number of hydrogen-bond acceptors (Lipinski definition) is 4. The number of aliphatic imine (C=N–C) groups is 1. The second kappa shape index (κ2) is 6.35. The first kappa shape index (κ1) is 12.8. The molecule has 0 saturated carbocycles. The third-order valence-electron chi connectivity index (χ3n) is 2.35. The topological polar surface area (TPSA) is 47.9 Å². The van der Waals surface area contributed by atoms with Crippen molar-refractivity contribution < 1.29 is 14.3 Å². The van der Waals surface area contributed by atoms with E-state index in [1.807, 2.05) is 6.07 Å². The molecule has 4 heteroatoms. The molecule has 2 aromatic carbocycles. The van der Waals surface area contributed by atoms with Gasteiger partial charge in [-0.3, -0.25) is 0 Å². The molecule has 0 saturated heterocycles. The molecule has 0 aliphatic carbocycles. The van der Waals surface area contributed by atoms with Crippen molar-refractivity contribution in [1.29, 1.82) is 0 Å². The fraction of sp³-hybridized carbons (Fsp3) is 0.0667. The van der Waals surface area contributed by atoms with Gasteiger partial charge in [0.25, 0.3) is 0 Å². The first-order valence-corrected chi connectivity index (χ1v) is 5.73. The molecular formula is C15H13NO3. The molecule has 0 aliphatic heterocycles. The highest BCUT2D eigenvalue weighted by molar-refractivity contribution is 6.24. The number of carbonyl (C=O) groups is 1. The summed E-state index contributed by atoms with van der Waals surface area (Å²) in [6, 6.07) is 15.9. The van der Waals surface area contributed by atoms with Crippen molar-refractivity contribution in [3.63, 3.8) is 0 Å². The summed E-state index contributed by atoms with van der Waals surface area (Å²) in [4.78, 5) is 15.5. The van der Waals surface area contributed by atoms with Crippen LogP contribution in [0.4, 0.5) is 5.69 Å². The Morgan fingerprint density at radius 1 is 1.00 bits per heavy atom. The first-order valence-electron chi connectivity index (χ1n) is 5.73. The number of carbonyl (C=O) groups excluding carboxylic acids is 1. The fourth-order valence-electron chi connectivity index (χ4n) is 1.43. The fourth-order valence-corrected chi connectivity index (χ4v) is 1.43. The van der Waals surface area contributed by atoms with Gasteiger partial charge in [0, 0.05) is 0 Å². The minimum absolute atomic E-state index is 0.494. The minimum Gasteiger partial charge on any atom is -0.497 e. The summed E-state index contributed by atoms with van der Waals surface area (Å²) in [7, 11) is 1.59. The molecule has 0 heterocycles. The maximum absolute atomic E-state index is 11.5. The Morgan fingerprint density at radius 2 is 1.68 bits per heavy atom. The van der Waals surface area contributed by atoms with Crippen LogP contribution in [0.15, 0.2) is 59.6 Å². The quantitative estimate of drug-likeness (QED) is 0.479. The van der Waals surface area contributed by atoms with Crippen LogP contribution in [0.2, 0.25) is 0 Å². The summed E-state index contributed by atoms with van der Waals surface area (Å²) in [6.07, 6.45) is 1.15. The van der Waals surface area contributed by atoms with Crippen LogP contribution in [0, 0.1) is 0 Å². The van der Waals surface area contributed by atoms with E-state index in [0.717, 1.165) is 12.0 Å². The number of nitrogens with zero attached hydrogens (tertiary/aromatic N) is 1. The largest absolute Gasteiger partial charge is 0.497 e. The highest BCUT2D eigenvalue weighted by Gasteiger charge is 2.00. The molecular weight excluding hydrogens is 242 g/mol. The molecule has 0 fully saturated rings. The van der Waals surface area contributed by atoms with Gasteiger partial charge in [0.2, 0.25) is 0 Å². The van der Waals surface area contributed by atoms with Crippen LogP contribution in [-0.2, 0) is 4.79 Å². The lowest BCUT2D eigenvalue weighted by molar-refractivity contribution is -0.126. The summed E-state index contributed by atoms with van der Waals surface area (Å²) in [5.74, 6) is 0.724. The zero-order chi connectivity index (χ0) is 13.5. The molecule has 0 radical (unpaired) electrons. The van der Waals surface area contributed by atoms with Gasteiger partial charge < -0.3 is 9.47 Å². The van der Waals surface area contributed by atoms with Gasteiger partial charge in [0.1, 0.15) is 17.7 Å². The highest BCUT2D eigenvalue weighted by atomic mass is 16.5. The van der Waals surface area contributed by atoms with E-state index in [1.54, 1.807) is 55.6 Å². The molecule has 0 amide bonds. The lowest BCUT2D eigenvalue weighted by Gasteiger charge is -2.00. The monoisotopic (exact) mass is 255 g/mol. The molecule has 0 unspecified atom stereocenters. The normalized spacial score (nSPS) is 10.4. The minimum atomic E-state index is -0.512. The number of hydrogen-bond donors (Lipinski definition) is 0. The van der Waals surface area contributed by atoms with E-state index in [9.17, 15) is 4.79 Å². The van der Waals surface area contributed by atoms with Crippen LogP contribution in [0.25, 0.3) is 0 Å². The molecule has 2 aromatic rings. The van der Waals surface area contributed by atoms with Gasteiger partial charge >= 0.3 is 5.97 Å². The molecule has 0 aromatic heterocycles. The van der Waals surface area contributed by atoms with Crippen molar-refractivity contribution in [2.45, 2.75) is 0 Å². The maximum atomic E-state index is 11.5. The zero-order valence-corrected chi connectivity index (χ0v) is 10.4. The predicted molar refractivity (Wildman–Crippen MR) is 73.2 cm³/mol. The molecule has 0 atom stereocenters. The average Bonchev–Trinajstić information content (AvgIpc) is 2.47. The second-order valence-electron chi connectivity index (χ2n) is 3.69. The lowest BCUT2D eigenvalue weighted by atomic mass is 10.3. The summed E-state index contributed by atoms with van der Waals surface area (Å²) in [5.41, 5.74) is 0.658. The van der Waals surface area contributed by atoms with Gasteiger partial charge in [-0.2, -0.15) is 0 Å². The number of ether oxygens (including phenoxy) is 2. The van der Waals surface area contributed by atoms with Gasteiger partial charge in [0.05, 0.1) is 12.8 Å². The van der Waals surface area contributed by atoms with Crippen LogP contribution >= 0.6 is 0 Å². The standard InChI is InChI=1S/C15H13NO3/c1-18-13-9-7-12(8-10-13)16-11-15(17)19-14-5-3-2-4-6-14/h2-11H,1H3. The van der Waals surface area contributed by atoms with Gasteiger partial charge in [-0.1, -0.05) is 18.2 Å². The van der Waals surface area contributed by atoms with Gasteiger partial charge in [-0.25, -0.2) is 9.79 Å². The Kier molecular flexibility index (Phi) is 4.29. The molecule has 96 valence electrons. The predicted octanol–water partition coefficient (Wildman–Crippen LogP) is 3.00. The van der Waals surface area contributed by atoms with E-state index in [1.165, 1.54) is 0 Å². The van der Waals surface area contributed by atoms with Crippen molar-refractivity contribution in [2.75, 3.05) is 7.11 Å². The smallest absolute Gasteiger partial charge is 0.354 e. The van der Waals surface area contributed by atoms with Crippen LogP contribution < -0.4 is 9.47 Å². The van der Waals surface area contributed by atoms with E-state index in [0.29, 0.717) is 11.4 Å². The van der Waals surface area contributed by atoms with Crippen molar-refractivity contribution in [3.8, 4) is 11.5 Å². The average molecular weight is 255 g/mol. The van der Waals surface area contributed by atoms with Crippen molar-refractivity contribution >= 4 is 17.9 Å². The van der Waals surface area contributed by atoms with Crippen molar-refractivity contribution in [1.82, 2.24) is 0 Å². The Morgan fingerprint density at radius 3 is 2.32 bits per heavy atom. The second-order valence-corrected chi connectivity index (χ2v) is 3.69. The van der Waals surface area contributed by atoms with Crippen LogP contribution in [0.5, 0.6) is 11.5 Å². The number of methoxy groups -OCH3 is 1. The van der Waals surface area contributed by atoms with Crippen LogP contribution in [0.3, 0.4) is 0 Å². The van der Waals surface area contributed by atoms with Crippen molar-refractivity contribution in [2.24, 2.45) is 4.99 Å². The Balaban J connectivity index is 1.96. The molecule has 0 N–H and O–H groups in total. The number of para-hydroxylation sites is 1. The highest BCUT2D eigenvalue weighted by Crippen LogP contribution is 2.17. The zero-order valence-electron chi connectivity index (χ0n) is 10.4. The third kappa shape index (κ3) is 3.96. The molecule has 4 nitrogen and oxygen atoms in total.